The number of piperidine rings is 1. The quantitative estimate of drug-likeness (QED) is 0.263. The van der Waals surface area contributed by atoms with Crippen molar-refractivity contribution in [3.8, 4) is 17.2 Å². The van der Waals surface area contributed by atoms with E-state index in [-0.39, 0.29) is 35.1 Å². The number of aromatic hydroxyl groups is 1. The summed E-state index contributed by atoms with van der Waals surface area (Å²) < 4.78 is 12.6. The van der Waals surface area contributed by atoms with E-state index in [0.717, 1.165) is 61.4 Å². The van der Waals surface area contributed by atoms with Crippen LogP contribution in [0.3, 0.4) is 0 Å². The first kappa shape index (κ1) is 27.5. The monoisotopic (exact) mass is 570 g/mol. The molecule has 1 saturated heterocycles. The minimum Gasteiger partial charge on any atom is -0.508 e. The zero-order valence-corrected chi connectivity index (χ0v) is 24.9. The Balaban J connectivity index is 1.30. The highest BCUT2D eigenvalue weighted by molar-refractivity contribution is 5.92. The average molecular weight is 571 g/mol. The molecule has 2 bridgehead atoms. The van der Waals surface area contributed by atoms with Crippen molar-refractivity contribution in [2.45, 2.75) is 82.9 Å². The summed E-state index contributed by atoms with van der Waals surface area (Å²) in [6.07, 6.45) is 9.51. The number of rotatable bonds is 8. The molecule has 7 heteroatoms. The maximum absolute atomic E-state index is 14.0. The fourth-order valence-electron chi connectivity index (χ4n) is 8.67. The van der Waals surface area contributed by atoms with Crippen LogP contribution in [0.5, 0.6) is 17.2 Å². The van der Waals surface area contributed by atoms with Gasteiger partial charge >= 0.3 is 5.97 Å². The molecule has 5 atom stereocenters. The van der Waals surface area contributed by atoms with Crippen LogP contribution in [0.2, 0.25) is 0 Å². The number of hydrogen-bond acceptors (Lipinski definition) is 6. The molecule has 2 saturated carbocycles. The van der Waals surface area contributed by atoms with Crippen LogP contribution in [0, 0.1) is 17.8 Å². The van der Waals surface area contributed by atoms with E-state index in [4.69, 9.17) is 9.47 Å². The number of esters is 1. The Morgan fingerprint density at radius 2 is 1.98 bits per heavy atom. The summed E-state index contributed by atoms with van der Waals surface area (Å²) in [4.78, 5) is 30.8. The van der Waals surface area contributed by atoms with Gasteiger partial charge in [0.2, 0.25) is 5.91 Å². The van der Waals surface area contributed by atoms with Gasteiger partial charge in [-0.3, -0.25) is 14.5 Å². The number of phenolic OH excluding ortho intramolecular Hbond substituents is 1. The molecule has 7 nitrogen and oxygen atoms in total. The van der Waals surface area contributed by atoms with E-state index in [9.17, 15) is 14.7 Å². The van der Waals surface area contributed by atoms with Crippen molar-refractivity contribution >= 4 is 18.0 Å². The molecular weight excluding hydrogens is 528 g/mol. The summed E-state index contributed by atoms with van der Waals surface area (Å²) in [6.45, 7) is 8.42. The van der Waals surface area contributed by atoms with Crippen LogP contribution in [0.1, 0.15) is 69.6 Å². The fourth-order valence-corrected chi connectivity index (χ4v) is 8.67. The molecule has 1 amide bonds. The van der Waals surface area contributed by atoms with Crippen LogP contribution in [-0.2, 0) is 21.4 Å². The number of hydrogen-bond donors (Lipinski definition) is 1. The largest absolute Gasteiger partial charge is 0.508 e. The Morgan fingerprint density at radius 1 is 1.19 bits per heavy atom. The second-order valence-electron chi connectivity index (χ2n) is 13.6. The van der Waals surface area contributed by atoms with Crippen molar-refractivity contribution < 1.29 is 24.2 Å². The standard InChI is InChI=1S/C35H42N2O5/c1-21(2)19-37(31(40)14-11-23-7-5-4-6-8-23)27-13-12-26-28-17-25-29(39)18-30(41-22(3)38)33-32(25)35(26,34(27)42-33)15-16-36(28)20-24-9-10-24/h4-8,11,14,18,21,24,26-28,34,39H,9-10,12-13,15-17,19-20H2,1-3H3/t26-,27+,28+,34-,35-/m0/s1. The maximum atomic E-state index is 14.0. The molecular formula is C35H42N2O5. The number of carbonyl (C=O) groups excluding carboxylic acids is 2. The van der Waals surface area contributed by atoms with Gasteiger partial charge in [-0.15, -0.1) is 0 Å². The molecule has 1 spiro atoms. The Labute approximate surface area is 248 Å². The van der Waals surface area contributed by atoms with Crippen molar-refractivity contribution in [3.05, 3.63) is 59.2 Å². The van der Waals surface area contributed by atoms with E-state index in [1.54, 1.807) is 12.1 Å². The minimum atomic E-state index is -0.440. The predicted octanol–water partition coefficient (Wildman–Crippen LogP) is 5.33. The molecule has 7 rings (SSSR count). The van der Waals surface area contributed by atoms with Crippen LogP contribution in [0.25, 0.3) is 6.08 Å². The molecule has 2 aromatic carbocycles. The summed E-state index contributed by atoms with van der Waals surface area (Å²) in [6, 6.07) is 11.7. The first-order valence-corrected chi connectivity index (χ1v) is 15.8. The lowest BCUT2D eigenvalue weighted by molar-refractivity contribution is -0.138. The molecule has 3 fully saturated rings. The average Bonchev–Trinajstić information content (AvgIpc) is 3.71. The van der Waals surface area contributed by atoms with E-state index in [2.05, 4.69) is 18.7 Å². The number of amides is 1. The van der Waals surface area contributed by atoms with Gasteiger partial charge in [0.25, 0.3) is 0 Å². The van der Waals surface area contributed by atoms with E-state index in [0.29, 0.717) is 30.0 Å². The second kappa shape index (κ2) is 10.4. The summed E-state index contributed by atoms with van der Waals surface area (Å²) in [5.74, 6) is 2.08. The third kappa shape index (κ3) is 4.52. The van der Waals surface area contributed by atoms with Gasteiger partial charge in [0.15, 0.2) is 11.5 Å². The topological polar surface area (TPSA) is 79.3 Å². The number of likely N-dealkylation sites (tertiary alicyclic amines) is 1. The highest BCUT2D eigenvalue weighted by Crippen LogP contribution is 2.66. The number of benzene rings is 2. The number of ether oxygens (including phenoxy) is 2. The third-order valence-electron chi connectivity index (χ3n) is 10.4. The maximum Gasteiger partial charge on any atom is 0.308 e. The predicted molar refractivity (Wildman–Crippen MR) is 160 cm³/mol. The van der Waals surface area contributed by atoms with Crippen LogP contribution in [0.4, 0.5) is 0 Å². The van der Waals surface area contributed by atoms with Crippen molar-refractivity contribution in [3.63, 3.8) is 0 Å². The molecule has 42 heavy (non-hydrogen) atoms. The molecule has 222 valence electrons. The lowest BCUT2D eigenvalue weighted by Gasteiger charge is -2.60. The molecule has 1 N–H and O–H groups in total. The van der Waals surface area contributed by atoms with Gasteiger partial charge in [0.05, 0.1) is 6.04 Å². The van der Waals surface area contributed by atoms with Gasteiger partial charge in [0.1, 0.15) is 11.9 Å². The molecule has 3 aliphatic carbocycles. The Bertz CT molecular complexity index is 1420. The van der Waals surface area contributed by atoms with Gasteiger partial charge in [-0.1, -0.05) is 44.2 Å². The van der Waals surface area contributed by atoms with Crippen molar-refractivity contribution in [1.29, 1.82) is 0 Å². The fraction of sp³-hybridized carbons (Fsp3) is 0.543. The molecule has 0 unspecified atom stereocenters. The van der Waals surface area contributed by atoms with Crippen molar-refractivity contribution in [1.82, 2.24) is 9.80 Å². The van der Waals surface area contributed by atoms with Crippen molar-refractivity contribution in [2.75, 3.05) is 19.6 Å². The Hall–Kier alpha value is -3.32. The molecule has 2 heterocycles. The van der Waals surface area contributed by atoms with E-state index < -0.39 is 5.97 Å². The summed E-state index contributed by atoms with van der Waals surface area (Å²) in [5.41, 5.74) is 2.64. The zero-order chi connectivity index (χ0) is 29.2. The van der Waals surface area contributed by atoms with E-state index in [1.807, 2.05) is 41.3 Å². The SMILES string of the molecule is CC(=O)Oc1cc(O)c2c3c1O[C@H]1[C@H](N(CC(C)C)C(=O)C=Cc4ccccc4)CC[C@H]4[C@@H](C2)N(CC2CC2)CC[C@@]341. The number of nitrogens with zero attached hydrogens (tertiary/aromatic N) is 2. The summed E-state index contributed by atoms with van der Waals surface area (Å²) in [5, 5.41) is 11.3. The summed E-state index contributed by atoms with van der Waals surface area (Å²) in [7, 11) is 0. The Kier molecular flexibility index (Phi) is 6.84. The van der Waals surface area contributed by atoms with Gasteiger partial charge in [-0.25, -0.2) is 0 Å². The first-order chi connectivity index (χ1) is 20.3. The van der Waals surface area contributed by atoms with Crippen LogP contribution in [0.15, 0.2) is 42.5 Å². The van der Waals surface area contributed by atoms with Crippen LogP contribution >= 0.6 is 0 Å². The van der Waals surface area contributed by atoms with Crippen LogP contribution < -0.4 is 9.47 Å². The lowest BCUT2D eigenvalue weighted by atomic mass is 9.50. The number of carbonyl (C=O) groups is 2. The van der Waals surface area contributed by atoms with Gasteiger partial charge in [-0.05, 0) is 74.5 Å². The number of phenols is 1. The van der Waals surface area contributed by atoms with Gasteiger partial charge in [-0.2, -0.15) is 0 Å². The highest BCUT2D eigenvalue weighted by atomic mass is 16.6. The molecule has 0 aromatic heterocycles. The minimum absolute atomic E-state index is 0.00577. The second-order valence-corrected chi connectivity index (χ2v) is 13.6. The van der Waals surface area contributed by atoms with E-state index in [1.165, 1.54) is 19.8 Å². The normalized spacial score (nSPS) is 29.3. The third-order valence-corrected chi connectivity index (χ3v) is 10.4. The van der Waals surface area contributed by atoms with Crippen molar-refractivity contribution in [2.24, 2.45) is 17.8 Å². The van der Waals surface area contributed by atoms with E-state index >= 15 is 0 Å². The van der Waals surface area contributed by atoms with Crippen LogP contribution in [-0.4, -0.2) is 64.6 Å². The van der Waals surface area contributed by atoms with Gasteiger partial charge < -0.3 is 19.5 Å². The van der Waals surface area contributed by atoms with Gasteiger partial charge in [0, 0.05) is 54.7 Å². The zero-order valence-electron chi connectivity index (χ0n) is 24.9. The molecule has 2 aromatic rings. The first-order valence-electron chi connectivity index (χ1n) is 15.8. The Morgan fingerprint density at radius 3 is 2.69 bits per heavy atom. The molecule has 5 aliphatic rings. The molecule has 2 aliphatic heterocycles. The smallest absolute Gasteiger partial charge is 0.308 e. The highest BCUT2D eigenvalue weighted by Gasteiger charge is 2.67. The summed E-state index contributed by atoms with van der Waals surface area (Å²) >= 11 is 0. The lowest BCUT2D eigenvalue weighted by Crippen LogP contribution is -2.69. The molecule has 0 radical (unpaired) electrons.